The minimum absolute atomic E-state index is 0.0978. The zero-order chi connectivity index (χ0) is 21.8. The number of amides is 1. The van der Waals surface area contributed by atoms with E-state index in [1.807, 2.05) is 6.07 Å². The van der Waals surface area contributed by atoms with Crippen molar-refractivity contribution in [2.45, 2.75) is 4.90 Å². The first-order valence-corrected chi connectivity index (χ1v) is 10.7. The maximum Gasteiger partial charge on any atom is 0.285 e. The third-order valence-corrected chi connectivity index (χ3v) is 5.84. The van der Waals surface area contributed by atoms with Crippen molar-refractivity contribution in [2.24, 2.45) is 9.50 Å². The lowest BCUT2D eigenvalue weighted by Crippen LogP contribution is -2.39. The normalized spacial score (nSPS) is 14.2. The first-order chi connectivity index (χ1) is 14.9. The van der Waals surface area contributed by atoms with Gasteiger partial charge in [0.2, 0.25) is 0 Å². The highest BCUT2D eigenvalue weighted by Gasteiger charge is 2.32. The predicted octanol–water partition coefficient (Wildman–Crippen LogP) is 2.93. The average molecular weight is 436 g/mol. The molecule has 0 saturated heterocycles. The molecular weight excluding hydrogens is 419 g/mol. The largest absolute Gasteiger partial charge is 0.316 e. The Bertz CT molecular complexity index is 1270. The molecule has 1 amide bonds. The smallest absolute Gasteiger partial charge is 0.285 e. The summed E-state index contributed by atoms with van der Waals surface area (Å²) in [5, 5.41) is 3.89. The molecule has 0 saturated carbocycles. The lowest BCUT2D eigenvalue weighted by Gasteiger charge is -2.23. The number of nitrogens with zero attached hydrogens (tertiary/aromatic N) is 3. The van der Waals surface area contributed by atoms with Crippen LogP contribution in [0.1, 0.15) is 11.1 Å². The summed E-state index contributed by atoms with van der Waals surface area (Å²) >= 11 is 0. The zero-order valence-corrected chi connectivity index (χ0v) is 17.0. The molecule has 0 bridgehead atoms. The molecule has 1 aliphatic rings. The van der Waals surface area contributed by atoms with Crippen molar-refractivity contribution >= 4 is 33.7 Å². The van der Waals surface area contributed by atoms with Crippen molar-refractivity contribution in [3.8, 4) is 0 Å². The molecule has 0 atom stereocenters. The van der Waals surface area contributed by atoms with Gasteiger partial charge in [-0.3, -0.25) is 4.79 Å². The third kappa shape index (κ3) is 4.51. The van der Waals surface area contributed by atoms with E-state index >= 15 is 0 Å². The number of benzene rings is 3. The number of carbonyl (C=O) groups excluding carboxylic acids is 1. The Morgan fingerprint density at radius 1 is 1.00 bits per heavy atom. The van der Waals surface area contributed by atoms with E-state index in [2.05, 4.69) is 14.9 Å². The molecule has 1 aliphatic heterocycles. The van der Waals surface area contributed by atoms with Crippen molar-refractivity contribution in [1.29, 1.82) is 0 Å². The first kappa shape index (κ1) is 20.4. The molecule has 0 unspecified atom stereocenters. The highest BCUT2D eigenvalue weighted by Crippen LogP contribution is 2.29. The number of hydrogen-bond donors (Lipinski definition) is 1. The van der Waals surface area contributed by atoms with E-state index < -0.39 is 15.9 Å². The molecule has 1 heterocycles. The minimum atomic E-state index is -3.85. The molecule has 0 aliphatic carbocycles. The second-order valence-corrected chi connectivity index (χ2v) is 8.23. The van der Waals surface area contributed by atoms with Crippen LogP contribution in [0.2, 0.25) is 0 Å². The van der Waals surface area contributed by atoms with Crippen LogP contribution in [-0.4, -0.2) is 32.9 Å². The molecule has 4 rings (SSSR count). The average Bonchev–Trinajstić information content (AvgIpc) is 3.05. The van der Waals surface area contributed by atoms with Gasteiger partial charge in [-0.1, -0.05) is 42.5 Å². The quantitative estimate of drug-likeness (QED) is 0.492. The highest BCUT2D eigenvalue weighted by molar-refractivity contribution is 7.90. The second kappa shape index (κ2) is 8.49. The van der Waals surface area contributed by atoms with Crippen molar-refractivity contribution in [1.82, 2.24) is 5.43 Å². The lowest BCUT2D eigenvalue weighted by atomic mass is 10.1. The van der Waals surface area contributed by atoms with Gasteiger partial charge in [-0.05, 0) is 42.0 Å². The minimum Gasteiger partial charge on any atom is -0.316 e. The number of halogens is 1. The Labute approximate surface area is 178 Å². The van der Waals surface area contributed by atoms with Gasteiger partial charge in [0, 0.05) is 11.3 Å². The standard InChI is InChI=1S/C22H17FN4O3S/c23-17-12-10-16(11-13-17)14-24-25-21(28)15-27(18-6-2-1-3-7-18)22-19-8-4-5-9-20(19)31(29,30)26-22/h1-14H,15H2,(H,25,28)/b24-14-. The Morgan fingerprint density at radius 2 is 1.68 bits per heavy atom. The van der Waals surface area contributed by atoms with Crippen LogP contribution < -0.4 is 10.3 Å². The van der Waals surface area contributed by atoms with Crippen LogP contribution in [-0.2, 0) is 14.8 Å². The summed E-state index contributed by atoms with van der Waals surface area (Å²) in [5.74, 6) is -0.682. The monoisotopic (exact) mass is 436 g/mol. The summed E-state index contributed by atoms with van der Waals surface area (Å²) < 4.78 is 41.8. The predicted molar refractivity (Wildman–Crippen MR) is 116 cm³/mol. The van der Waals surface area contributed by atoms with E-state index in [-0.39, 0.29) is 23.1 Å². The molecule has 0 spiro atoms. The Balaban J connectivity index is 1.59. The highest BCUT2D eigenvalue weighted by atomic mass is 32.2. The van der Waals surface area contributed by atoms with Crippen molar-refractivity contribution in [3.05, 3.63) is 95.8 Å². The number of fused-ring (bicyclic) bond motifs is 1. The van der Waals surface area contributed by atoms with E-state index in [1.54, 1.807) is 42.5 Å². The van der Waals surface area contributed by atoms with E-state index in [1.165, 1.54) is 41.4 Å². The fraction of sp³-hybridized carbons (Fsp3) is 0.0455. The summed E-state index contributed by atoms with van der Waals surface area (Å²) in [5.41, 5.74) is 4.05. The number of amidine groups is 1. The molecule has 9 heteroatoms. The third-order valence-electron chi connectivity index (χ3n) is 4.51. The summed E-state index contributed by atoms with van der Waals surface area (Å²) in [7, 11) is -3.85. The number of sulfonamides is 1. The number of anilines is 1. The molecule has 0 radical (unpaired) electrons. The first-order valence-electron chi connectivity index (χ1n) is 9.28. The van der Waals surface area contributed by atoms with Gasteiger partial charge in [0.15, 0.2) is 5.84 Å². The van der Waals surface area contributed by atoms with Crippen LogP contribution in [0.5, 0.6) is 0 Å². The summed E-state index contributed by atoms with van der Waals surface area (Å²) in [6, 6.07) is 21.0. The Morgan fingerprint density at radius 3 is 2.42 bits per heavy atom. The maximum absolute atomic E-state index is 13.0. The van der Waals surface area contributed by atoms with Crippen molar-refractivity contribution in [2.75, 3.05) is 11.4 Å². The van der Waals surface area contributed by atoms with Gasteiger partial charge in [-0.15, -0.1) is 4.40 Å². The maximum atomic E-state index is 13.0. The number of para-hydroxylation sites is 1. The Kier molecular flexibility index (Phi) is 5.59. The van der Waals surface area contributed by atoms with Gasteiger partial charge in [-0.2, -0.15) is 13.5 Å². The van der Waals surface area contributed by atoms with Crippen LogP contribution in [0.3, 0.4) is 0 Å². The molecule has 3 aromatic carbocycles. The molecule has 0 fully saturated rings. The van der Waals surface area contributed by atoms with Crippen molar-refractivity contribution < 1.29 is 17.6 Å². The number of hydrazone groups is 1. The molecule has 3 aromatic rings. The van der Waals surface area contributed by atoms with E-state index in [0.29, 0.717) is 16.8 Å². The molecular formula is C22H17FN4O3S. The van der Waals surface area contributed by atoms with Crippen LogP contribution in [0, 0.1) is 5.82 Å². The van der Waals surface area contributed by atoms with Crippen LogP contribution >= 0.6 is 0 Å². The SMILES string of the molecule is O=C(CN(C1=NS(=O)(=O)c2ccccc21)c1ccccc1)N/N=C\c1ccc(F)cc1. The number of rotatable bonds is 5. The second-order valence-electron chi connectivity index (χ2n) is 6.65. The summed E-state index contributed by atoms with van der Waals surface area (Å²) in [4.78, 5) is 14.2. The molecule has 7 nitrogen and oxygen atoms in total. The van der Waals surface area contributed by atoms with E-state index in [9.17, 15) is 17.6 Å². The topological polar surface area (TPSA) is 91.2 Å². The number of nitrogens with one attached hydrogen (secondary N) is 1. The summed E-state index contributed by atoms with van der Waals surface area (Å²) in [6.45, 7) is -0.215. The zero-order valence-electron chi connectivity index (χ0n) is 16.1. The van der Waals surface area contributed by atoms with Crippen LogP contribution in [0.15, 0.2) is 93.3 Å². The van der Waals surface area contributed by atoms with Gasteiger partial charge in [-0.25, -0.2) is 9.82 Å². The Hall–Kier alpha value is -3.85. The lowest BCUT2D eigenvalue weighted by molar-refractivity contribution is -0.119. The molecule has 0 aromatic heterocycles. The fourth-order valence-corrected chi connectivity index (χ4v) is 4.30. The van der Waals surface area contributed by atoms with Gasteiger partial charge < -0.3 is 4.90 Å². The van der Waals surface area contributed by atoms with Gasteiger partial charge in [0.05, 0.1) is 6.21 Å². The molecule has 156 valence electrons. The van der Waals surface area contributed by atoms with Gasteiger partial charge in [0.25, 0.3) is 15.9 Å². The van der Waals surface area contributed by atoms with Crippen LogP contribution in [0.25, 0.3) is 0 Å². The fourth-order valence-electron chi connectivity index (χ4n) is 3.09. The number of carbonyl (C=O) groups is 1. The molecule has 31 heavy (non-hydrogen) atoms. The van der Waals surface area contributed by atoms with Crippen molar-refractivity contribution in [3.63, 3.8) is 0 Å². The van der Waals surface area contributed by atoms with Crippen LogP contribution in [0.4, 0.5) is 10.1 Å². The molecule has 1 N–H and O–H groups in total. The number of hydrogen-bond acceptors (Lipinski definition) is 5. The van der Waals surface area contributed by atoms with Gasteiger partial charge in [0.1, 0.15) is 17.3 Å². The van der Waals surface area contributed by atoms with E-state index in [0.717, 1.165) is 0 Å². The van der Waals surface area contributed by atoms with Gasteiger partial charge >= 0.3 is 0 Å². The summed E-state index contributed by atoms with van der Waals surface area (Å²) in [6.07, 6.45) is 1.39. The van der Waals surface area contributed by atoms with E-state index in [4.69, 9.17) is 0 Å².